The summed E-state index contributed by atoms with van der Waals surface area (Å²) in [4.78, 5) is 7.70. The van der Waals surface area contributed by atoms with Crippen molar-refractivity contribution in [2.75, 3.05) is 5.73 Å². The number of imidazole rings is 1. The minimum atomic E-state index is 0.733. The Morgan fingerprint density at radius 2 is 2.33 bits per heavy atom. The van der Waals surface area contributed by atoms with Crippen LogP contribution in [0.1, 0.15) is 5.69 Å². The fourth-order valence-electron chi connectivity index (χ4n) is 1.68. The topological polar surface area (TPSA) is 85.4 Å². The fourth-order valence-corrected chi connectivity index (χ4v) is 2.44. The number of fused-ring (bicyclic) bond motifs is 1. The second-order valence-corrected chi connectivity index (χ2v) is 4.95. The highest BCUT2D eigenvalue weighted by atomic mass is 32.2. The smallest absolute Gasteiger partial charge is 0.166 e. The van der Waals surface area contributed by atoms with Crippen LogP contribution < -0.4 is 5.73 Å². The summed E-state index contributed by atoms with van der Waals surface area (Å²) in [7, 11) is 1.85. The van der Waals surface area contributed by atoms with Gasteiger partial charge in [0, 0.05) is 24.7 Å². The lowest BCUT2D eigenvalue weighted by atomic mass is 10.3. The molecule has 7 heteroatoms. The normalized spacial score (nSPS) is 11.2. The van der Waals surface area contributed by atoms with Crippen molar-refractivity contribution < 1.29 is 0 Å². The number of aromatic amines is 1. The minimum absolute atomic E-state index is 0.733. The lowest BCUT2D eigenvalue weighted by Crippen LogP contribution is -1.85. The van der Waals surface area contributed by atoms with E-state index in [1.807, 2.05) is 31.4 Å². The van der Waals surface area contributed by atoms with Crippen LogP contribution in [0.3, 0.4) is 0 Å². The van der Waals surface area contributed by atoms with Crippen molar-refractivity contribution in [3.8, 4) is 0 Å². The van der Waals surface area contributed by atoms with E-state index < -0.39 is 0 Å². The summed E-state index contributed by atoms with van der Waals surface area (Å²) in [5, 5.41) is 8.78. The molecule has 0 unspecified atom stereocenters. The minimum Gasteiger partial charge on any atom is -0.399 e. The monoisotopic (exact) mass is 260 g/mol. The van der Waals surface area contributed by atoms with Gasteiger partial charge in [-0.2, -0.15) is 0 Å². The highest BCUT2D eigenvalue weighted by Crippen LogP contribution is 2.23. The second kappa shape index (κ2) is 4.34. The van der Waals surface area contributed by atoms with E-state index in [0.717, 1.165) is 33.3 Å². The number of hydrogen-bond acceptors (Lipinski definition) is 5. The molecular weight excluding hydrogens is 248 g/mol. The molecule has 0 radical (unpaired) electrons. The Balaban J connectivity index is 1.78. The molecule has 0 aliphatic rings. The van der Waals surface area contributed by atoms with Crippen molar-refractivity contribution in [3.05, 3.63) is 30.1 Å². The number of nitrogens with two attached hydrogens (primary N) is 1. The van der Waals surface area contributed by atoms with E-state index in [9.17, 15) is 0 Å². The molecular formula is C11H12N6S. The van der Waals surface area contributed by atoms with E-state index in [4.69, 9.17) is 5.73 Å². The summed E-state index contributed by atoms with van der Waals surface area (Å²) >= 11 is 1.60. The molecule has 3 N–H and O–H groups in total. The Labute approximate surface area is 108 Å². The molecule has 1 aromatic carbocycles. The largest absolute Gasteiger partial charge is 0.399 e. The summed E-state index contributed by atoms with van der Waals surface area (Å²) in [6.07, 6.45) is 1.90. The Kier molecular flexibility index (Phi) is 2.67. The van der Waals surface area contributed by atoms with Crippen LogP contribution in [0.15, 0.2) is 29.6 Å². The summed E-state index contributed by atoms with van der Waals surface area (Å²) in [5.41, 5.74) is 9.27. The quantitative estimate of drug-likeness (QED) is 0.551. The highest BCUT2D eigenvalue weighted by molar-refractivity contribution is 7.98. The van der Waals surface area contributed by atoms with Gasteiger partial charge in [0.05, 0.1) is 16.7 Å². The maximum absolute atomic E-state index is 5.73. The molecule has 0 spiro atoms. The molecule has 0 aliphatic heterocycles. The van der Waals surface area contributed by atoms with Crippen LogP contribution in [-0.2, 0) is 12.8 Å². The second-order valence-electron chi connectivity index (χ2n) is 3.99. The number of rotatable bonds is 3. The molecule has 18 heavy (non-hydrogen) atoms. The van der Waals surface area contributed by atoms with E-state index in [1.54, 1.807) is 16.4 Å². The van der Waals surface area contributed by atoms with E-state index in [0.29, 0.717) is 0 Å². The fraction of sp³-hybridized carbons (Fsp3) is 0.182. The first-order chi connectivity index (χ1) is 8.70. The highest BCUT2D eigenvalue weighted by Gasteiger charge is 2.05. The van der Waals surface area contributed by atoms with Gasteiger partial charge in [-0.25, -0.2) is 4.98 Å². The molecule has 92 valence electrons. The predicted octanol–water partition coefficient (Wildman–Crippen LogP) is 1.57. The zero-order valence-electron chi connectivity index (χ0n) is 9.79. The van der Waals surface area contributed by atoms with Crippen LogP contribution in [0.2, 0.25) is 0 Å². The average Bonchev–Trinajstić information content (AvgIpc) is 2.92. The van der Waals surface area contributed by atoms with Crippen LogP contribution in [0.5, 0.6) is 0 Å². The van der Waals surface area contributed by atoms with Gasteiger partial charge in [-0.05, 0) is 18.2 Å². The van der Waals surface area contributed by atoms with Gasteiger partial charge in [0.2, 0.25) is 0 Å². The molecule has 3 rings (SSSR count). The standard InChI is InChI=1S/C11H12N6S/c1-17-5-8(15-16-17)6-18-11-13-9-3-2-7(12)4-10(9)14-11/h2-5H,6,12H2,1H3,(H,13,14). The number of nitrogens with zero attached hydrogens (tertiary/aromatic N) is 4. The van der Waals surface area contributed by atoms with E-state index in [2.05, 4.69) is 20.3 Å². The first-order valence-electron chi connectivity index (χ1n) is 5.44. The van der Waals surface area contributed by atoms with Crippen LogP contribution in [0.4, 0.5) is 5.69 Å². The molecule has 0 saturated heterocycles. The molecule has 0 aliphatic carbocycles. The van der Waals surface area contributed by atoms with Gasteiger partial charge in [0.25, 0.3) is 0 Å². The molecule has 6 nitrogen and oxygen atoms in total. The molecule has 2 heterocycles. The maximum atomic E-state index is 5.73. The van der Waals surface area contributed by atoms with Gasteiger partial charge in [-0.3, -0.25) is 4.68 Å². The van der Waals surface area contributed by atoms with Crippen molar-refractivity contribution >= 4 is 28.5 Å². The van der Waals surface area contributed by atoms with E-state index in [1.165, 1.54) is 0 Å². The van der Waals surface area contributed by atoms with Crippen LogP contribution in [0.25, 0.3) is 11.0 Å². The summed E-state index contributed by atoms with van der Waals surface area (Å²) in [5.74, 6) is 0.739. The van der Waals surface area contributed by atoms with Gasteiger partial charge in [0.15, 0.2) is 5.16 Å². The lowest BCUT2D eigenvalue weighted by molar-refractivity contribution is 0.714. The Bertz CT molecular complexity index is 686. The third-order valence-electron chi connectivity index (χ3n) is 2.49. The SMILES string of the molecule is Cn1cc(CSc2nc3ccc(N)cc3[nH]2)nn1. The van der Waals surface area contributed by atoms with E-state index in [-0.39, 0.29) is 0 Å². The third-order valence-corrected chi connectivity index (χ3v) is 3.40. The third kappa shape index (κ3) is 2.17. The first kappa shape index (κ1) is 11.1. The summed E-state index contributed by atoms with van der Waals surface area (Å²) in [6, 6.07) is 5.64. The Morgan fingerprint density at radius 1 is 1.44 bits per heavy atom. The number of anilines is 1. The summed E-state index contributed by atoms with van der Waals surface area (Å²) < 4.78 is 1.69. The number of benzene rings is 1. The van der Waals surface area contributed by atoms with E-state index >= 15 is 0 Å². The Hall–Kier alpha value is -2.02. The Morgan fingerprint density at radius 3 is 3.11 bits per heavy atom. The number of hydrogen-bond donors (Lipinski definition) is 2. The number of nitrogen functional groups attached to an aromatic ring is 1. The number of aromatic nitrogens is 5. The molecule has 3 aromatic rings. The van der Waals surface area contributed by atoms with Gasteiger partial charge in [-0.1, -0.05) is 17.0 Å². The number of nitrogens with one attached hydrogen (secondary N) is 1. The van der Waals surface area contributed by atoms with Crippen molar-refractivity contribution in [2.24, 2.45) is 7.05 Å². The molecule has 0 atom stereocenters. The summed E-state index contributed by atoms with van der Waals surface area (Å²) in [6.45, 7) is 0. The zero-order chi connectivity index (χ0) is 12.5. The van der Waals surface area contributed by atoms with Crippen molar-refractivity contribution in [3.63, 3.8) is 0 Å². The maximum Gasteiger partial charge on any atom is 0.166 e. The van der Waals surface area contributed by atoms with Crippen molar-refractivity contribution in [1.82, 2.24) is 25.0 Å². The number of aryl methyl sites for hydroxylation is 1. The first-order valence-corrected chi connectivity index (χ1v) is 6.42. The van der Waals surface area contributed by atoms with Crippen molar-refractivity contribution in [1.29, 1.82) is 0 Å². The van der Waals surface area contributed by atoms with Gasteiger partial charge < -0.3 is 10.7 Å². The number of thioether (sulfide) groups is 1. The predicted molar refractivity (Wildman–Crippen MR) is 71.1 cm³/mol. The molecule has 0 saturated carbocycles. The molecule has 2 aromatic heterocycles. The van der Waals surface area contributed by atoms with Gasteiger partial charge in [0.1, 0.15) is 0 Å². The van der Waals surface area contributed by atoms with Crippen LogP contribution in [0, 0.1) is 0 Å². The van der Waals surface area contributed by atoms with Crippen molar-refractivity contribution in [2.45, 2.75) is 10.9 Å². The number of H-pyrrole nitrogens is 1. The molecule has 0 bridgehead atoms. The zero-order valence-corrected chi connectivity index (χ0v) is 10.6. The van der Waals surface area contributed by atoms with Crippen LogP contribution >= 0.6 is 11.8 Å². The van der Waals surface area contributed by atoms with Gasteiger partial charge in [-0.15, -0.1) is 5.10 Å². The lowest BCUT2D eigenvalue weighted by Gasteiger charge is -1.92. The average molecular weight is 260 g/mol. The molecule has 0 amide bonds. The van der Waals surface area contributed by atoms with Crippen LogP contribution in [-0.4, -0.2) is 25.0 Å². The van der Waals surface area contributed by atoms with Gasteiger partial charge >= 0.3 is 0 Å². The molecule has 0 fully saturated rings.